The van der Waals surface area contributed by atoms with E-state index in [0.717, 1.165) is 24.2 Å². The highest BCUT2D eigenvalue weighted by atomic mass is 16.5. The summed E-state index contributed by atoms with van der Waals surface area (Å²) >= 11 is 0. The molecule has 2 unspecified atom stereocenters. The summed E-state index contributed by atoms with van der Waals surface area (Å²) in [4.78, 5) is 26.9. The molecule has 1 heterocycles. The van der Waals surface area contributed by atoms with Crippen molar-refractivity contribution in [2.24, 2.45) is 0 Å². The van der Waals surface area contributed by atoms with Crippen LogP contribution in [0.15, 0.2) is 48.5 Å². The normalized spacial score (nSPS) is 17.0. The van der Waals surface area contributed by atoms with E-state index in [1.807, 2.05) is 31.2 Å². The molecule has 6 heteroatoms. The highest BCUT2D eigenvalue weighted by molar-refractivity contribution is 5.98. The maximum atomic E-state index is 13.0. The van der Waals surface area contributed by atoms with Gasteiger partial charge in [0.05, 0.1) is 13.2 Å². The number of carbonyl (C=O) groups excluding carboxylic acids is 2. The molecule has 2 amide bonds. The van der Waals surface area contributed by atoms with E-state index in [-0.39, 0.29) is 17.9 Å². The van der Waals surface area contributed by atoms with Crippen molar-refractivity contribution >= 4 is 17.5 Å². The molecule has 0 aliphatic carbocycles. The quantitative estimate of drug-likeness (QED) is 0.828. The summed E-state index contributed by atoms with van der Waals surface area (Å²) in [5.74, 6) is 0.441. The third kappa shape index (κ3) is 4.34. The highest BCUT2D eigenvalue weighted by Crippen LogP contribution is 2.29. The number of rotatable bonds is 6. The first kappa shape index (κ1) is 19.9. The van der Waals surface area contributed by atoms with Crippen LogP contribution in [-0.2, 0) is 9.53 Å². The van der Waals surface area contributed by atoms with Crippen molar-refractivity contribution in [2.45, 2.75) is 31.9 Å². The molecule has 2 atom stereocenters. The predicted molar refractivity (Wildman–Crippen MR) is 108 cm³/mol. The Hall–Kier alpha value is -2.86. The Balaban J connectivity index is 1.73. The molecule has 1 aliphatic heterocycles. The van der Waals surface area contributed by atoms with Crippen LogP contribution >= 0.6 is 0 Å². The molecule has 0 bridgehead atoms. The van der Waals surface area contributed by atoms with Crippen LogP contribution < -0.4 is 10.1 Å². The first-order valence-electron chi connectivity index (χ1n) is 9.44. The number of amides is 2. The zero-order valence-electron chi connectivity index (χ0n) is 16.5. The zero-order valence-corrected chi connectivity index (χ0v) is 16.5. The molecule has 0 saturated carbocycles. The lowest BCUT2D eigenvalue weighted by Gasteiger charge is -2.27. The van der Waals surface area contributed by atoms with Crippen molar-refractivity contribution in [1.82, 2.24) is 4.90 Å². The van der Waals surface area contributed by atoms with E-state index in [4.69, 9.17) is 9.47 Å². The summed E-state index contributed by atoms with van der Waals surface area (Å²) in [6, 6.07) is 14.5. The molecule has 148 valence electrons. The van der Waals surface area contributed by atoms with Crippen LogP contribution in [-0.4, -0.2) is 43.6 Å². The lowest BCUT2D eigenvalue weighted by molar-refractivity contribution is -0.124. The molecular formula is C22H26N2O4. The summed E-state index contributed by atoms with van der Waals surface area (Å²) in [6.07, 6.45) is 1.21. The largest absolute Gasteiger partial charge is 0.496 e. The van der Waals surface area contributed by atoms with E-state index in [0.29, 0.717) is 17.9 Å². The molecule has 28 heavy (non-hydrogen) atoms. The molecule has 1 saturated heterocycles. The van der Waals surface area contributed by atoms with Gasteiger partial charge in [-0.15, -0.1) is 0 Å². The van der Waals surface area contributed by atoms with Crippen molar-refractivity contribution in [3.63, 3.8) is 0 Å². The molecule has 0 radical (unpaired) electrons. The van der Waals surface area contributed by atoms with E-state index in [1.165, 1.54) is 0 Å². The van der Waals surface area contributed by atoms with Crippen LogP contribution in [0, 0.1) is 0 Å². The van der Waals surface area contributed by atoms with Gasteiger partial charge in [-0.05, 0) is 44.0 Å². The van der Waals surface area contributed by atoms with Crippen molar-refractivity contribution in [3.8, 4) is 5.75 Å². The van der Waals surface area contributed by atoms with Crippen molar-refractivity contribution in [1.29, 1.82) is 0 Å². The average Bonchev–Trinajstić information content (AvgIpc) is 3.27. The lowest BCUT2D eigenvalue weighted by atomic mass is 10.0. The van der Waals surface area contributed by atoms with E-state index >= 15 is 0 Å². The predicted octanol–water partition coefficient (Wildman–Crippen LogP) is 3.65. The number of nitrogens with one attached hydrogen (secondary N) is 1. The third-order valence-electron chi connectivity index (χ3n) is 5.09. The third-order valence-corrected chi connectivity index (χ3v) is 5.09. The number of para-hydroxylation sites is 1. The molecule has 6 nitrogen and oxygen atoms in total. The van der Waals surface area contributed by atoms with Crippen molar-refractivity contribution in [3.05, 3.63) is 59.7 Å². The van der Waals surface area contributed by atoms with Gasteiger partial charge in [-0.2, -0.15) is 0 Å². The molecule has 1 N–H and O–H groups in total. The number of methoxy groups -OCH3 is 1. The molecule has 1 fully saturated rings. The average molecular weight is 382 g/mol. The Kier molecular flexibility index (Phi) is 6.31. The standard InChI is InChI=1S/C22H26N2O4/c1-15(18-10-4-5-11-19(18)27-3)24(2)22(26)16-8-6-9-17(14-16)23-21(25)20-12-7-13-28-20/h4-6,8-11,14-15,20H,7,12-13H2,1-3H3,(H,23,25). The van der Waals surface area contributed by atoms with Gasteiger partial charge in [0.1, 0.15) is 11.9 Å². The fourth-order valence-electron chi connectivity index (χ4n) is 3.34. The number of hydrogen-bond acceptors (Lipinski definition) is 4. The van der Waals surface area contributed by atoms with Gasteiger partial charge in [0, 0.05) is 30.5 Å². The van der Waals surface area contributed by atoms with Crippen LogP contribution in [0.5, 0.6) is 5.75 Å². The van der Waals surface area contributed by atoms with Gasteiger partial charge in [-0.25, -0.2) is 0 Å². The SMILES string of the molecule is COc1ccccc1C(C)N(C)C(=O)c1cccc(NC(=O)C2CCCO2)c1. The fraction of sp³-hybridized carbons (Fsp3) is 0.364. The van der Waals surface area contributed by atoms with E-state index in [1.54, 1.807) is 43.3 Å². The van der Waals surface area contributed by atoms with Gasteiger partial charge in [0.2, 0.25) is 0 Å². The van der Waals surface area contributed by atoms with Crippen LogP contribution in [0.25, 0.3) is 0 Å². The maximum absolute atomic E-state index is 13.0. The molecule has 2 aromatic rings. The molecule has 2 aromatic carbocycles. The first-order valence-corrected chi connectivity index (χ1v) is 9.44. The maximum Gasteiger partial charge on any atom is 0.254 e. The van der Waals surface area contributed by atoms with Crippen molar-refractivity contribution in [2.75, 3.05) is 26.1 Å². The second-order valence-electron chi connectivity index (χ2n) is 6.91. The highest BCUT2D eigenvalue weighted by Gasteiger charge is 2.24. The monoisotopic (exact) mass is 382 g/mol. The summed E-state index contributed by atoms with van der Waals surface area (Å²) in [5, 5.41) is 2.84. The van der Waals surface area contributed by atoms with E-state index in [9.17, 15) is 9.59 Å². The minimum atomic E-state index is -0.410. The minimum Gasteiger partial charge on any atom is -0.496 e. The number of nitrogens with zero attached hydrogens (tertiary/aromatic N) is 1. The van der Waals surface area contributed by atoms with Gasteiger partial charge < -0.3 is 19.7 Å². The van der Waals surface area contributed by atoms with Crippen LogP contribution in [0.2, 0.25) is 0 Å². The Morgan fingerprint density at radius 2 is 2.00 bits per heavy atom. The molecular weight excluding hydrogens is 356 g/mol. The Labute approximate surface area is 165 Å². The first-order chi connectivity index (χ1) is 13.5. The molecule has 0 aromatic heterocycles. The Morgan fingerprint density at radius 3 is 2.71 bits per heavy atom. The van der Waals surface area contributed by atoms with Crippen molar-refractivity contribution < 1.29 is 19.1 Å². The lowest BCUT2D eigenvalue weighted by Crippen LogP contribution is -2.30. The van der Waals surface area contributed by atoms with E-state index < -0.39 is 6.10 Å². The molecule has 3 rings (SSSR count). The van der Waals surface area contributed by atoms with Crippen LogP contribution in [0.1, 0.15) is 41.7 Å². The van der Waals surface area contributed by atoms with Gasteiger partial charge in [0.25, 0.3) is 11.8 Å². The van der Waals surface area contributed by atoms with E-state index in [2.05, 4.69) is 5.32 Å². The zero-order chi connectivity index (χ0) is 20.1. The van der Waals surface area contributed by atoms with Gasteiger partial charge in [-0.3, -0.25) is 9.59 Å². The topological polar surface area (TPSA) is 67.9 Å². The number of carbonyl (C=O) groups is 2. The Morgan fingerprint density at radius 1 is 1.21 bits per heavy atom. The van der Waals surface area contributed by atoms with Gasteiger partial charge in [-0.1, -0.05) is 24.3 Å². The van der Waals surface area contributed by atoms with Gasteiger partial charge >= 0.3 is 0 Å². The second kappa shape index (κ2) is 8.89. The Bertz CT molecular complexity index is 846. The van der Waals surface area contributed by atoms with Crippen LogP contribution in [0.3, 0.4) is 0 Å². The summed E-state index contributed by atoms with van der Waals surface area (Å²) < 4.78 is 10.8. The number of anilines is 1. The smallest absolute Gasteiger partial charge is 0.254 e. The number of ether oxygens (including phenoxy) is 2. The fourth-order valence-corrected chi connectivity index (χ4v) is 3.34. The van der Waals surface area contributed by atoms with Gasteiger partial charge in [0.15, 0.2) is 0 Å². The second-order valence-corrected chi connectivity index (χ2v) is 6.91. The summed E-state index contributed by atoms with van der Waals surface area (Å²) in [6.45, 7) is 2.57. The minimum absolute atomic E-state index is 0.133. The number of hydrogen-bond donors (Lipinski definition) is 1. The summed E-state index contributed by atoms with van der Waals surface area (Å²) in [7, 11) is 3.38. The number of benzene rings is 2. The molecule has 0 spiro atoms. The molecule has 1 aliphatic rings. The van der Waals surface area contributed by atoms with Crippen LogP contribution in [0.4, 0.5) is 5.69 Å². The summed E-state index contributed by atoms with van der Waals surface area (Å²) in [5.41, 5.74) is 2.03.